The van der Waals surface area contributed by atoms with Crippen LogP contribution in [0.5, 0.6) is 5.75 Å². The number of piperidine rings is 1. The van der Waals surface area contributed by atoms with E-state index in [-0.39, 0.29) is 17.6 Å². The molecule has 1 unspecified atom stereocenters. The summed E-state index contributed by atoms with van der Waals surface area (Å²) in [5.41, 5.74) is 1.62. The zero-order chi connectivity index (χ0) is 14.7. The van der Waals surface area contributed by atoms with Gasteiger partial charge in [0.25, 0.3) is 0 Å². The predicted molar refractivity (Wildman–Crippen MR) is 82.0 cm³/mol. The molecule has 1 aliphatic rings. The summed E-state index contributed by atoms with van der Waals surface area (Å²) < 4.78 is 5.50. The highest BCUT2D eigenvalue weighted by atomic mass is 35.5. The van der Waals surface area contributed by atoms with E-state index in [1.54, 1.807) is 13.2 Å². The van der Waals surface area contributed by atoms with Crippen molar-refractivity contribution >= 4 is 17.4 Å². The van der Waals surface area contributed by atoms with Crippen molar-refractivity contribution in [1.29, 1.82) is 0 Å². The van der Waals surface area contributed by atoms with Gasteiger partial charge in [-0.2, -0.15) is 0 Å². The molecule has 0 spiro atoms. The molecule has 1 heterocycles. The van der Waals surface area contributed by atoms with Crippen LogP contribution in [0.15, 0.2) is 12.1 Å². The molecule has 3 nitrogen and oxygen atoms in total. The number of rotatable bonds is 4. The summed E-state index contributed by atoms with van der Waals surface area (Å²) in [6.45, 7) is 5.88. The smallest absolute Gasteiger partial charge is 0.170 e. The van der Waals surface area contributed by atoms with Crippen LogP contribution in [-0.2, 0) is 0 Å². The first-order valence-corrected chi connectivity index (χ1v) is 7.54. The third-order valence-electron chi connectivity index (χ3n) is 3.84. The van der Waals surface area contributed by atoms with Gasteiger partial charge in [0, 0.05) is 17.5 Å². The van der Waals surface area contributed by atoms with Crippen LogP contribution < -0.4 is 10.1 Å². The third kappa shape index (κ3) is 3.15. The lowest BCUT2D eigenvalue weighted by Crippen LogP contribution is -2.34. The fourth-order valence-corrected chi connectivity index (χ4v) is 2.98. The molecule has 1 aliphatic heterocycles. The first kappa shape index (κ1) is 15.3. The Morgan fingerprint density at radius 3 is 2.75 bits per heavy atom. The maximum absolute atomic E-state index is 12.7. The normalized spacial score (nSPS) is 19.1. The van der Waals surface area contributed by atoms with Gasteiger partial charge in [-0.1, -0.05) is 25.4 Å². The Balaban J connectivity index is 2.41. The number of carbonyl (C=O) groups is 1. The van der Waals surface area contributed by atoms with Gasteiger partial charge >= 0.3 is 0 Å². The maximum Gasteiger partial charge on any atom is 0.170 e. The Bertz CT molecular complexity index is 493. The molecule has 0 aromatic heterocycles. The number of benzene rings is 1. The maximum atomic E-state index is 12.7. The molecule has 110 valence electrons. The fraction of sp³-hybridized carbons (Fsp3) is 0.562. The number of halogens is 1. The van der Waals surface area contributed by atoms with Gasteiger partial charge in [-0.05, 0) is 43.0 Å². The minimum atomic E-state index is 0.0242. The lowest BCUT2D eigenvalue weighted by atomic mass is 9.88. The Kier molecular flexibility index (Phi) is 5.06. The highest BCUT2D eigenvalue weighted by molar-refractivity contribution is 6.31. The van der Waals surface area contributed by atoms with Crippen LogP contribution in [0.4, 0.5) is 0 Å². The van der Waals surface area contributed by atoms with Crippen molar-refractivity contribution in [1.82, 2.24) is 5.32 Å². The van der Waals surface area contributed by atoms with E-state index >= 15 is 0 Å². The molecule has 1 atom stereocenters. The molecule has 0 amide bonds. The summed E-state index contributed by atoms with van der Waals surface area (Å²) in [5.74, 6) is 1.11. The summed E-state index contributed by atoms with van der Waals surface area (Å²) >= 11 is 6.18. The van der Waals surface area contributed by atoms with E-state index in [1.807, 2.05) is 6.07 Å². The standard InChI is InChI=1S/C16H22ClNO2/c1-10(2)13-7-12(17)8-14(16(13)20-3)15(19)11-5-4-6-18-9-11/h7-8,10-11,18H,4-6,9H2,1-3H3. The van der Waals surface area contributed by atoms with Crippen molar-refractivity contribution in [2.75, 3.05) is 20.2 Å². The van der Waals surface area contributed by atoms with Gasteiger partial charge < -0.3 is 10.1 Å². The average Bonchev–Trinajstić information content (AvgIpc) is 2.46. The van der Waals surface area contributed by atoms with Crippen molar-refractivity contribution < 1.29 is 9.53 Å². The second kappa shape index (κ2) is 6.59. The first-order chi connectivity index (χ1) is 9.54. The van der Waals surface area contributed by atoms with E-state index in [4.69, 9.17) is 16.3 Å². The average molecular weight is 296 g/mol. The lowest BCUT2D eigenvalue weighted by molar-refractivity contribution is 0.0896. The van der Waals surface area contributed by atoms with E-state index in [2.05, 4.69) is 19.2 Å². The SMILES string of the molecule is COc1c(C(=O)C2CCCNC2)cc(Cl)cc1C(C)C. The van der Waals surface area contributed by atoms with E-state index in [0.29, 0.717) is 16.3 Å². The largest absolute Gasteiger partial charge is 0.496 e. The van der Waals surface area contributed by atoms with Gasteiger partial charge in [0.15, 0.2) is 5.78 Å². The minimum Gasteiger partial charge on any atom is -0.496 e. The number of ether oxygens (including phenoxy) is 1. The van der Waals surface area contributed by atoms with E-state index in [1.165, 1.54) is 0 Å². The monoisotopic (exact) mass is 295 g/mol. The summed E-state index contributed by atoms with van der Waals surface area (Å²) in [7, 11) is 1.62. The van der Waals surface area contributed by atoms with E-state index in [0.717, 1.165) is 31.5 Å². The number of nitrogens with one attached hydrogen (secondary N) is 1. The van der Waals surface area contributed by atoms with Crippen molar-refractivity contribution in [2.24, 2.45) is 5.92 Å². The van der Waals surface area contributed by atoms with Crippen LogP contribution in [0.3, 0.4) is 0 Å². The van der Waals surface area contributed by atoms with Gasteiger partial charge in [0.1, 0.15) is 5.75 Å². The zero-order valence-electron chi connectivity index (χ0n) is 12.3. The van der Waals surface area contributed by atoms with Crippen LogP contribution in [-0.4, -0.2) is 26.0 Å². The molecular weight excluding hydrogens is 274 g/mol. The highest BCUT2D eigenvalue weighted by Gasteiger charge is 2.26. The number of hydrogen-bond donors (Lipinski definition) is 1. The van der Waals surface area contributed by atoms with Gasteiger partial charge in [-0.15, -0.1) is 0 Å². The Morgan fingerprint density at radius 1 is 1.45 bits per heavy atom. The van der Waals surface area contributed by atoms with Crippen LogP contribution in [0.2, 0.25) is 5.02 Å². The fourth-order valence-electron chi connectivity index (χ4n) is 2.75. The second-order valence-electron chi connectivity index (χ2n) is 5.64. The topological polar surface area (TPSA) is 38.3 Å². The van der Waals surface area contributed by atoms with Crippen molar-refractivity contribution in [3.05, 3.63) is 28.3 Å². The molecule has 20 heavy (non-hydrogen) atoms. The first-order valence-electron chi connectivity index (χ1n) is 7.17. The minimum absolute atomic E-state index is 0.0242. The number of ketones is 1. The van der Waals surface area contributed by atoms with Crippen molar-refractivity contribution in [2.45, 2.75) is 32.6 Å². The van der Waals surface area contributed by atoms with E-state index < -0.39 is 0 Å². The molecule has 1 aromatic carbocycles. The number of hydrogen-bond acceptors (Lipinski definition) is 3. The van der Waals surface area contributed by atoms with Crippen LogP contribution in [0.25, 0.3) is 0 Å². The van der Waals surface area contributed by atoms with Crippen molar-refractivity contribution in [3.8, 4) is 5.75 Å². The molecular formula is C16H22ClNO2. The lowest BCUT2D eigenvalue weighted by Gasteiger charge is -2.23. The van der Waals surface area contributed by atoms with Gasteiger partial charge in [-0.3, -0.25) is 4.79 Å². The Hall–Kier alpha value is -1.06. The van der Waals surface area contributed by atoms with Crippen LogP contribution in [0, 0.1) is 5.92 Å². The Morgan fingerprint density at radius 2 is 2.20 bits per heavy atom. The van der Waals surface area contributed by atoms with Crippen LogP contribution in [0.1, 0.15) is 48.5 Å². The molecule has 2 rings (SSSR count). The molecule has 4 heteroatoms. The molecule has 1 aromatic rings. The molecule has 0 saturated carbocycles. The van der Waals surface area contributed by atoms with Crippen LogP contribution >= 0.6 is 11.6 Å². The summed E-state index contributed by atoms with van der Waals surface area (Å²) in [6.07, 6.45) is 1.97. The van der Waals surface area contributed by atoms with E-state index in [9.17, 15) is 4.79 Å². The number of carbonyl (C=O) groups excluding carboxylic acids is 1. The molecule has 1 fully saturated rings. The molecule has 0 radical (unpaired) electrons. The second-order valence-corrected chi connectivity index (χ2v) is 6.07. The van der Waals surface area contributed by atoms with Crippen molar-refractivity contribution in [3.63, 3.8) is 0 Å². The predicted octanol–water partition coefficient (Wildman–Crippen LogP) is 3.65. The summed E-state index contributed by atoms with van der Waals surface area (Å²) in [6, 6.07) is 3.63. The number of methoxy groups -OCH3 is 1. The summed E-state index contributed by atoms with van der Waals surface area (Å²) in [5, 5.41) is 3.88. The molecule has 1 N–H and O–H groups in total. The summed E-state index contributed by atoms with van der Waals surface area (Å²) in [4.78, 5) is 12.7. The van der Waals surface area contributed by atoms with Gasteiger partial charge in [-0.25, -0.2) is 0 Å². The van der Waals surface area contributed by atoms with Gasteiger partial charge in [0.2, 0.25) is 0 Å². The quantitative estimate of drug-likeness (QED) is 0.862. The molecule has 1 saturated heterocycles. The molecule has 0 bridgehead atoms. The Labute approximate surface area is 125 Å². The zero-order valence-corrected chi connectivity index (χ0v) is 13.1. The highest BCUT2D eigenvalue weighted by Crippen LogP contribution is 2.35. The third-order valence-corrected chi connectivity index (χ3v) is 4.06. The number of Topliss-reactive ketones (excluding diaryl/α,β-unsaturated/α-hetero) is 1. The van der Waals surface area contributed by atoms with Gasteiger partial charge in [0.05, 0.1) is 12.7 Å². The molecule has 0 aliphatic carbocycles.